The fourth-order valence-electron chi connectivity index (χ4n) is 3.01. The number of halogens is 2. The van der Waals surface area contributed by atoms with Gasteiger partial charge in [0.2, 0.25) is 6.43 Å². The average molecular weight is 205 g/mol. The minimum Gasteiger partial charge on any atom is -0.383 e. The van der Waals surface area contributed by atoms with E-state index in [9.17, 15) is 8.78 Å². The highest BCUT2D eigenvalue weighted by Crippen LogP contribution is 2.43. The Hall–Kier alpha value is -0.220. The molecule has 82 valence electrons. The summed E-state index contributed by atoms with van der Waals surface area (Å²) in [6, 6.07) is 0. The van der Waals surface area contributed by atoms with Crippen LogP contribution in [-0.2, 0) is 4.74 Å². The van der Waals surface area contributed by atoms with E-state index >= 15 is 0 Å². The van der Waals surface area contributed by atoms with Gasteiger partial charge in [0.1, 0.15) is 0 Å². The quantitative estimate of drug-likeness (QED) is 0.696. The summed E-state index contributed by atoms with van der Waals surface area (Å²) in [5.74, 6) is -0.439. The Morgan fingerprint density at radius 2 is 2.36 bits per heavy atom. The summed E-state index contributed by atoms with van der Waals surface area (Å²) in [6.45, 7) is 2.13. The van der Waals surface area contributed by atoms with Gasteiger partial charge in [-0.25, -0.2) is 8.78 Å². The molecule has 0 spiro atoms. The van der Waals surface area contributed by atoms with E-state index in [0.29, 0.717) is 19.6 Å². The minimum absolute atomic E-state index is 0.0597. The molecule has 2 fully saturated rings. The third kappa shape index (κ3) is 1.54. The molecule has 0 radical (unpaired) electrons. The van der Waals surface area contributed by atoms with Crippen LogP contribution in [0.1, 0.15) is 19.3 Å². The zero-order chi connectivity index (χ0) is 10.2. The zero-order valence-electron chi connectivity index (χ0n) is 8.51. The number of nitrogens with zero attached hydrogens (tertiary/aromatic N) is 1. The molecule has 0 aromatic carbocycles. The predicted molar refractivity (Wildman–Crippen MR) is 49.5 cm³/mol. The molecule has 2 aliphatic heterocycles. The predicted octanol–water partition coefficient (Wildman–Crippen LogP) is 1.75. The number of rotatable bonds is 3. The Morgan fingerprint density at radius 3 is 3.00 bits per heavy atom. The smallest absolute Gasteiger partial charge is 0.242 e. The Labute approximate surface area is 83.2 Å². The third-order valence-electron chi connectivity index (χ3n) is 3.61. The Morgan fingerprint density at radius 1 is 1.57 bits per heavy atom. The monoisotopic (exact) mass is 205 g/mol. The first-order valence-electron chi connectivity index (χ1n) is 5.20. The van der Waals surface area contributed by atoms with Gasteiger partial charge in [-0.05, 0) is 25.8 Å². The van der Waals surface area contributed by atoms with Crippen LogP contribution in [0.4, 0.5) is 8.78 Å². The Kier molecular flexibility index (Phi) is 2.75. The number of hydrogen-bond acceptors (Lipinski definition) is 2. The molecule has 0 saturated carbocycles. The highest BCUT2D eigenvalue weighted by Gasteiger charge is 2.50. The Bertz CT molecular complexity index is 212. The van der Waals surface area contributed by atoms with Crippen LogP contribution in [0.3, 0.4) is 0 Å². The van der Waals surface area contributed by atoms with Gasteiger partial charge in [0.25, 0.3) is 0 Å². The third-order valence-corrected chi connectivity index (χ3v) is 3.61. The fourth-order valence-corrected chi connectivity index (χ4v) is 3.01. The molecular weight excluding hydrogens is 188 g/mol. The van der Waals surface area contributed by atoms with Gasteiger partial charge in [-0.15, -0.1) is 0 Å². The van der Waals surface area contributed by atoms with Crippen LogP contribution in [0.25, 0.3) is 0 Å². The largest absolute Gasteiger partial charge is 0.383 e. The van der Waals surface area contributed by atoms with Crippen LogP contribution in [-0.4, -0.2) is 43.7 Å². The lowest BCUT2D eigenvalue weighted by atomic mass is 9.91. The molecule has 14 heavy (non-hydrogen) atoms. The molecule has 2 nitrogen and oxygen atoms in total. The molecule has 0 aromatic rings. The summed E-state index contributed by atoms with van der Waals surface area (Å²) in [6.07, 6.45) is 0.580. The normalized spacial score (nSPS) is 38.1. The topological polar surface area (TPSA) is 12.5 Å². The van der Waals surface area contributed by atoms with Gasteiger partial charge in [-0.1, -0.05) is 0 Å². The van der Waals surface area contributed by atoms with Crippen molar-refractivity contribution in [1.29, 1.82) is 0 Å². The second kappa shape index (κ2) is 3.74. The second-order valence-corrected chi connectivity index (χ2v) is 4.51. The van der Waals surface area contributed by atoms with E-state index in [1.807, 2.05) is 0 Å². The highest BCUT2D eigenvalue weighted by molar-refractivity contribution is 5.03. The van der Waals surface area contributed by atoms with E-state index < -0.39 is 12.3 Å². The summed E-state index contributed by atoms with van der Waals surface area (Å²) >= 11 is 0. The summed E-state index contributed by atoms with van der Waals surface area (Å²) in [4.78, 5) is 2.20. The van der Waals surface area contributed by atoms with E-state index in [1.54, 1.807) is 7.11 Å². The van der Waals surface area contributed by atoms with Crippen molar-refractivity contribution in [2.24, 2.45) is 5.92 Å². The molecule has 4 heteroatoms. The first kappa shape index (κ1) is 10.3. The molecule has 0 aromatic heterocycles. The molecule has 2 atom stereocenters. The molecule has 0 aliphatic carbocycles. The van der Waals surface area contributed by atoms with Crippen LogP contribution in [0.5, 0.6) is 0 Å². The number of hydrogen-bond donors (Lipinski definition) is 0. The first-order chi connectivity index (χ1) is 6.68. The molecule has 2 heterocycles. The summed E-state index contributed by atoms with van der Waals surface area (Å²) in [5, 5.41) is 0. The van der Waals surface area contributed by atoms with Crippen molar-refractivity contribution >= 4 is 0 Å². The van der Waals surface area contributed by atoms with E-state index in [0.717, 1.165) is 19.4 Å². The summed E-state index contributed by atoms with van der Waals surface area (Å²) in [5.41, 5.74) is -0.0597. The van der Waals surface area contributed by atoms with Gasteiger partial charge in [-0.3, -0.25) is 4.90 Å². The van der Waals surface area contributed by atoms with Crippen molar-refractivity contribution < 1.29 is 13.5 Å². The van der Waals surface area contributed by atoms with Gasteiger partial charge >= 0.3 is 0 Å². The standard InChI is InChI=1S/C10H17F2NO/c1-14-7-10-3-2-4-13(10)6-8(5-10)9(11)12/h8-9H,2-7H2,1H3/t8-,10-/m0/s1. The lowest BCUT2D eigenvalue weighted by Crippen LogP contribution is -2.42. The summed E-state index contributed by atoms with van der Waals surface area (Å²) < 4.78 is 30.4. The first-order valence-corrected chi connectivity index (χ1v) is 5.20. The van der Waals surface area contributed by atoms with Gasteiger partial charge in [-0.2, -0.15) is 0 Å². The van der Waals surface area contributed by atoms with E-state index in [-0.39, 0.29) is 5.54 Å². The maximum Gasteiger partial charge on any atom is 0.242 e. The van der Waals surface area contributed by atoms with E-state index in [1.165, 1.54) is 0 Å². The van der Waals surface area contributed by atoms with Crippen molar-refractivity contribution in [3.8, 4) is 0 Å². The molecule has 0 amide bonds. The number of ether oxygens (including phenoxy) is 1. The maximum absolute atomic E-state index is 12.6. The number of alkyl halides is 2. The number of methoxy groups -OCH3 is 1. The molecule has 2 aliphatic rings. The maximum atomic E-state index is 12.6. The van der Waals surface area contributed by atoms with Crippen LogP contribution < -0.4 is 0 Å². The van der Waals surface area contributed by atoms with E-state index in [4.69, 9.17) is 4.74 Å². The highest BCUT2D eigenvalue weighted by atomic mass is 19.3. The Balaban J connectivity index is 2.06. The summed E-state index contributed by atoms with van der Waals surface area (Å²) in [7, 11) is 1.65. The van der Waals surface area contributed by atoms with Crippen LogP contribution >= 0.6 is 0 Å². The lowest BCUT2D eigenvalue weighted by Gasteiger charge is -2.30. The number of fused-ring (bicyclic) bond motifs is 1. The molecule has 0 unspecified atom stereocenters. The molecule has 2 rings (SSSR count). The van der Waals surface area contributed by atoms with Crippen LogP contribution in [0, 0.1) is 5.92 Å². The molecule has 0 bridgehead atoms. The van der Waals surface area contributed by atoms with Crippen molar-refractivity contribution in [2.45, 2.75) is 31.2 Å². The SMILES string of the molecule is COC[C@@]12CCCN1C[C@@H](C(F)F)C2. The van der Waals surface area contributed by atoms with Gasteiger partial charge < -0.3 is 4.74 Å². The van der Waals surface area contributed by atoms with Crippen molar-refractivity contribution in [3.63, 3.8) is 0 Å². The van der Waals surface area contributed by atoms with Crippen LogP contribution in [0.2, 0.25) is 0 Å². The fraction of sp³-hybridized carbons (Fsp3) is 1.00. The van der Waals surface area contributed by atoms with E-state index in [2.05, 4.69) is 4.90 Å². The van der Waals surface area contributed by atoms with Crippen LogP contribution in [0.15, 0.2) is 0 Å². The molecule has 0 N–H and O–H groups in total. The lowest BCUT2D eigenvalue weighted by molar-refractivity contribution is 0.0616. The zero-order valence-corrected chi connectivity index (χ0v) is 8.51. The van der Waals surface area contributed by atoms with Crippen molar-refractivity contribution in [2.75, 3.05) is 26.8 Å². The van der Waals surface area contributed by atoms with Gasteiger partial charge in [0.15, 0.2) is 0 Å². The minimum atomic E-state index is -2.17. The second-order valence-electron chi connectivity index (χ2n) is 4.51. The average Bonchev–Trinajstić information content (AvgIpc) is 2.60. The molecule has 2 saturated heterocycles. The van der Waals surface area contributed by atoms with Gasteiger partial charge in [0, 0.05) is 25.1 Å². The molecular formula is C10H17F2NO. The van der Waals surface area contributed by atoms with Gasteiger partial charge in [0.05, 0.1) is 6.61 Å². The van der Waals surface area contributed by atoms with Crippen molar-refractivity contribution in [3.05, 3.63) is 0 Å². The van der Waals surface area contributed by atoms with Crippen molar-refractivity contribution in [1.82, 2.24) is 4.90 Å².